The van der Waals surface area contributed by atoms with E-state index < -0.39 is 0 Å². The third kappa shape index (κ3) is 18.2. The van der Waals surface area contributed by atoms with Gasteiger partial charge < -0.3 is 29.4 Å². The van der Waals surface area contributed by atoms with Gasteiger partial charge in [0, 0.05) is 26.2 Å². The number of hydrogen-bond acceptors (Lipinski definition) is 7. The average Bonchev–Trinajstić information content (AvgIpc) is 2.80. The van der Waals surface area contributed by atoms with Crippen molar-refractivity contribution in [1.82, 2.24) is 0 Å². The largest absolute Gasteiger partial charge is 0.494 e. The first kappa shape index (κ1) is 30.6. The summed E-state index contributed by atoms with van der Waals surface area (Å²) in [7, 11) is 1.42. The third-order valence-electron chi connectivity index (χ3n) is 4.75. The number of methoxy groups -OCH3 is 1. The minimum absolute atomic E-state index is 0. The van der Waals surface area contributed by atoms with Gasteiger partial charge in [-0.25, -0.2) is 0 Å². The molecule has 0 amide bonds. The van der Waals surface area contributed by atoms with Gasteiger partial charge in [-0.05, 0) is 49.8 Å². The van der Waals surface area contributed by atoms with Gasteiger partial charge in [0.15, 0.2) is 0 Å². The molecule has 0 heterocycles. The molecule has 7 nitrogen and oxygen atoms in total. The van der Waals surface area contributed by atoms with E-state index in [2.05, 4.69) is 4.74 Å². The average molecular weight is 476 g/mol. The maximum atomic E-state index is 11.0. The van der Waals surface area contributed by atoms with Gasteiger partial charge in [-0.1, -0.05) is 25.0 Å². The molecule has 0 fully saturated rings. The Kier molecular flexibility index (Phi) is 21.8. The first-order valence-electron chi connectivity index (χ1n) is 11.5. The summed E-state index contributed by atoms with van der Waals surface area (Å²) in [6, 6.07) is 7.95. The van der Waals surface area contributed by atoms with Crippen molar-refractivity contribution < 1.29 is 28.5 Å². The second-order valence-corrected chi connectivity index (χ2v) is 7.33. The molecule has 0 radical (unpaired) electrons. The molecule has 1 aromatic carbocycles. The SMILES string of the molecule is COC(=O)CCCCCOCCOCCOCCCCCCOc1ccc(CN)cc1.Cl. The lowest BCUT2D eigenvalue weighted by Gasteiger charge is -2.08. The van der Waals surface area contributed by atoms with Gasteiger partial charge >= 0.3 is 5.97 Å². The van der Waals surface area contributed by atoms with Crippen LogP contribution in [0.2, 0.25) is 0 Å². The third-order valence-corrected chi connectivity index (χ3v) is 4.75. The molecular weight excluding hydrogens is 434 g/mol. The van der Waals surface area contributed by atoms with E-state index in [4.69, 9.17) is 24.7 Å². The summed E-state index contributed by atoms with van der Waals surface area (Å²) in [6.07, 6.45) is 7.65. The lowest BCUT2D eigenvalue weighted by Crippen LogP contribution is -2.10. The molecule has 0 atom stereocenters. The summed E-state index contributed by atoms with van der Waals surface area (Å²) >= 11 is 0. The fourth-order valence-electron chi connectivity index (χ4n) is 2.87. The quantitative estimate of drug-likeness (QED) is 0.209. The van der Waals surface area contributed by atoms with E-state index in [0.29, 0.717) is 46.0 Å². The standard InChI is InChI=1S/C24H41NO6.ClH/c1-27-24(26)9-5-4-7-15-29-18-20-30-19-17-28-14-6-2-3-8-16-31-23-12-10-22(21-25)11-13-23;/h10-13H,2-9,14-21,25H2,1H3;1H. The number of nitrogens with two attached hydrogens (primary N) is 1. The molecule has 0 aliphatic carbocycles. The topological polar surface area (TPSA) is 89.2 Å². The number of benzene rings is 1. The molecule has 0 aromatic heterocycles. The lowest BCUT2D eigenvalue weighted by molar-refractivity contribution is -0.140. The first-order valence-corrected chi connectivity index (χ1v) is 11.5. The van der Waals surface area contributed by atoms with Gasteiger partial charge in [-0.2, -0.15) is 0 Å². The number of ether oxygens (including phenoxy) is 5. The zero-order chi connectivity index (χ0) is 22.4. The normalized spacial score (nSPS) is 10.6. The van der Waals surface area contributed by atoms with Crippen molar-refractivity contribution in [3.63, 3.8) is 0 Å². The van der Waals surface area contributed by atoms with Crippen LogP contribution in [0.1, 0.15) is 56.9 Å². The first-order chi connectivity index (χ1) is 15.3. The van der Waals surface area contributed by atoms with E-state index in [1.54, 1.807) is 0 Å². The molecule has 186 valence electrons. The van der Waals surface area contributed by atoms with Gasteiger partial charge in [0.1, 0.15) is 5.75 Å². The van der Waals surface area contributed by atoms with Crippen LogP contribution >= 0.6 is 12.4 Å². The highest BCUT2D eigenvalue weighted by Gasteiger charge is 1.99. The van der Waals surface area contributed by atoms with Crippen LogP contribution in [0.3, 0.4) is 0 Å². The number of unbranched alkanes of at least 4 members (excludes halogenated alkanes) is 5. The highest BCUT2D eigenvalue weighted by Crippen LogP contribution is 2.12. The van der Waals surface area contributed by atoms with Crippen molar-refractivity contribution in [3.8, 4) is 5.75 Å². The lowest BCUT2D eigenvalue weighted by atomic mass is 10.2. The Morgan fingerprint density at radius 3 is 1.75 bits per heavy atom. The predicted octanol–water partition coefficient (Wildman–Crippen LogP) is 4.29. The Morgan fingerprint density at radius 2 is 1.22 bits per heavy atom. The molecule has 0 aliphatic heterocycles. The highest BCUT2D eigenvalue weighted by molar-refractivity contribution is 5.85. The van der Waals surface area contributed by atoms with Gasteiger partial charge in [-0.3, -0.25) is 4.79 Å². The number of hydrogen-bond donors (Lipinski definition) is 1. The van der Waals surface area contributed by atoms with Crippen molar-refractivity contribution in [2.45, 2.75) is 57.9 Å². The summed E-state index contributed by atoms with van der Waals surface area (Å²) < 4.78 is 26.9. The fourth-order valence-corrected chi connectivity index (χ4v) is 2.87. The van der Waals surface area contributed by atoms with E-state index in [1.807, 2.05) is 24.3 Å². The molecule has 1 aromatic rings. The van der Waals surface area contributed by atoms with Gasteiger partial charge in [-0.15, -0.1) is 12.4 Å². The minimum Gasteiger partial charge on any atom is -0.494 e. The summed E-state index contributed by atoms with van der Waals surface area (Å²) in [5.41, 5.74) is 6.70. The molecular formula is C24H42ClNO6. The van der Waals surface area contributed by atoms with E-state index in [-0.39, 0.29) is 18.4 Å². The van der Waals surface area contributed by atoms with Gasteiger partial charge in [0.25, 0.3) is 0 Å². The monoisotopic (exact) mass is 475 g/mol. The fraction of sp³-hybridized carbons (Fsp3) is 0.708. The second kappa shape index (κ2) is 22.8. The van der Waals surface area contributed by atoms with E-state index in [9.17, 15) is 4.79 Å². The minimum atomic E-state index is -0.146. The molecule has 0 bridgehead atoms. The zero-order valence-corrected chi connectivity index (χ0v) is 20.4. The second-order valence-electron chi connectivity index (χ2n) is 7.33. The van der Waals surface area contributed by atoms with Crippen molar-refractivity contribution in [2.24, 2.45) is 5.73 Å². The Hall–Kier alpha value is -1.38. The summed E-state index contributed by atoms with van der Waals surface area (Å²) in [5, 5.41) is 0. The molecule has 0 spiro atoms. The molecule has 0 saturated carbocycles. The Balaban J connectivity index is 0.00000961. The number of rotatable bonds is 21. The highest BCUT2D eigenvalue weighted by atomic mass is 35.5. The molecule has 0 saturated heterocycles. The van der Waals surface area contributed by atoms with Crippen LogP contribution in [0.25, 0.3) is 0 Å². The Morgan fingerprint density at radius 1 is 0.719 bits per heavy atom. The maximum absolute atomic E-state index is 11.0. The summed E-state index contributed by atoms with van der Waals surface area (Å²) in [6.45, 7) is 5.17. The Bertz CT molecular complexity index is 544. The maximum Gasteiger partial charge on any atom is 0.305 e. The van der Waals surface area contributed by atoms with E-state index >= 15 is 0 Å². The van der Waals surface area contributed by atoms with Gasteiger partial charge in [0.05, 0.1) is 40.1 Å². The number of carbonyl (C=O) groups is 1. The van der Waals surface area contributed by atoms with Crippen molar-refractivity contribution in [3.05, 3.63) is 29.8 Å². The van der Waals surface area contributed by atoms with Crippen LogP contribution in [0.4, 0.5) is 0 Å². The zero-order valence-electron chi connectivity index (χ0n) is 19.6. The predicted molar refractivity (Wildman–Crippen MR) is 128 cm³/mol. The van der Waals surface area contributed by atoms with Crippen LogP contribution in [-0.2, 0) is 30.3 Å². The molecule has 0 aliphatic rings. The van der Waals surface area contributed by atoms with E-state index in [1.165, 1.54) is 7.11 Å². The van der Waals surface area contributed by atoms with Crippen LogP contribution < -0.4 is 10.5 Å². The number of halogens is 1. The summed E-state index contributed by atoms with van der Waals surface area (Å²) in [5.74, 6) is 0.758. The van der Waals surface area contributed by atoms with Crippen LogP contribution in [0, 0.1) is 0 Å². The number of carbonyl (C=O) groups excluding carboxylic acids is 1. The van der Waals surface area contributed by atoms with Crippen LogP contribution in [0.15, 0.2) is 24.3 Å². The van der Waals surface area contributed by atoms with Gasteiger partial charge in [0.2, 0.25) is 0 Å². The van der Waals surface area contributed by atoms with Crippen LogP contribution in [0.5, 0.6) is 5.75 Å². The molecule has 1 rings (SSSR count). The van der Waals surface area contributed by atoms with Crippen LogP contribution in [-0.4, -0.2) is 59.3 Å². The van der Waals surface area contributed by atoms with Crippen molar-refractivity contribution >= 4 is 18.4 Å². The molecule has 8 heteroatoms. The molecule has 32 heavy (non-hydrogen) atoms. The molecule has 0 unspecified atom stereocenters. The van der Waals surface area contributed by atoms with E-state index in [0.717, 1.165) is 69.5 Å². The summed E-state index contributed by atoms with van der Waals surface area (Å²) in [4.78, 5) is 11.0. The van der Waals surface area contributed by atoms with Crippen molar-refractivity contribution in [1.29, 1.82) is 0 Å². The smallest absolute Gasteiger partial charge is 0.305 e. The molecule has 2 N–H and O–H groups in total. The van der Waals surface area contributed by atoms with Crippen molar-refractivity contribution in [2.75, 3.05) is 53.4 Å². The Labute approximate surface area is 199 Å². The number of esters is 1.